The molecule has 1 saturated heterocycles. The van der Waals surface area contributed by atoms with Crippen LogP contribution in [-0.2, 0) is 17.7 Å². The maximum absolute atomic E-state index is 13.2. The monoisotopic (exact) mass is 454 g/mol. The predicted molar refractivity (Wildman–Crippen MR) is 114 cm³/mol. The Hall–Kier alpha value is -1.52. The Morgan fingerprint density at radius 1 is 1.38 bits per heavy atom. The summed E-state index contributed by atoms with van der Waals surface area (Å²) in [6.07, 6.45) is 1.53. The third-order valence-electron chi connectivity index (χ3n) is 5.27. The van der Waals surface area contributed by atoms with Crippen LogP contribution in [0.4, 0.5) is 0 Å². The molecule has 156 valence electrons. The van der Waals surface area contributed by atoms with E-state index in [1.54, 1.807) is 24.1 Å². The number of hydrogen-bond donors (Lipinski definition) is 1. The molecule has 2 aromatic heterocycles. The number of aromatic nitrogens is 1. The molecule has 1 fully saturated rings. The van der Waals surface area contributed by atoms with E-state index in [1.807, 2.05) is 0 Å². The highest BCUT2D eigenvalue weighted by atomic mass is 35.5. The molecular formula is C19H23ClN4O3S2. The number of thiophene rings is 1. The predicted octanol–water partition coefficient (Wildman–Crippen LogP) is 2.51. The third kappa shape index (κ3) is 4.49. The molecule has 4 heterocycles. The van der Waals surface area contributed by atoms with E-state index in [1.165, 1.54) is 27.6 Å². The first-order valence-corrected chi connectivity index (χ1v) is 11.5. The van der Waals surface area contributed by atoms with E-state index in [0.717, 1.165) is 25.2 Å². The molecule has 0 radical (unpaired) electrons. The van der Waals surface area contributed by atoms with E-state index in [2.05, 4.69) is 22.2 Å². The molecule has 2 aliphatic heterocycles. The van der Waals surface area contributed by atoms with E-state index >= 15 is 0 Å². The second kappa shape index (κ2) is 8.69. The number of fused-ring (bicyclic) bond motifs is 1. The van der Waals surface area contributed by atoms with Crippen molar-refractivity contribution >= 4 is 46.1 Å². The standard InChI is InChI=1S/C19H23ClN4O3S2/c1-23-6-5-13-15(9-23)29-18(22-13)19(26)24-8-11(7-12(24)10-27-2)21-17(25)14-3-4-16(20)28-14/h3-4,11-12H,5-10H2,1-2H3,(H,21,25)/t11-,12+/m1/s1. The smallest absolute Gasteiger partial charge is 0.283 e. The topological polar surface area (TPSA) is 74.8 Å². The second-order valence-corrected chi connectivity index (χ2v) is 10.3. The molecule has 2 atom stereocenters. The van der Waals surface area contributed by atoms with Gasteiger partial charge in [0.2, 0.25) is 0 Å². The molecule has 1 N–H and O–H groups in total. The van der Waals surface area contributed by atoms with E-state index in [4.69, 9.17) is 16.3 Å². The number of methoxy groups -OCH3 is 1. The molecule has 4 rings (SSSR count). The van der Waals surface area contributed by atoms with Crippen LogP contribution in [0.1, 0.15) is 36.5 Å². The van der Waals surface area contributed by atoms with Crippen LogP contribution in [0.2, 0.25) is 4.34 Å². The van der Waals surface area contributed by atoms with Gasteiger partial charge in [-0.25, -0.2) is 4.98 Å². The van der Waals surface area contributed by atoms with Crippen molar-refractivity contribution in [1.82, 2.24) is 20.1 Å². The minimum absolute atomic E-state index is 0.0787. The lowest BCUT2D eigenvalue weighted by Crippen LogP contribution is -2.40. The average molecular weight is 455 g/mol. The van der Waals surface area contributed by atoms with Crippen LogP contribution in [0.25, 0.3) is 0 Å². The maximum Gasteiger partial charge on any atom is 0.283 e. The molecule has 2 aliphatic rings. The molecule has 0 spiro atoms. The Kier molecular flexibility index (Phi) is 6.21. The SMILES string of the molecule is COC[C@@H]1C[C@@H](NC(=O)c2ccc(Cl)s2)CN1C(=O)c1nc2c(s1)CN(C)CC2. The number of halogens is 1. The highest BCUT2D eigenvalue weighted by molar-refractivity contribution is 7.18. The van der Waals surface area contributed by atoms with Crippen molar-refractivity contribution in [3.63, 3.8) is 0 Å². The Morgan fingerprint density at radius 3 is 2.93 bits per heavy atom. The summed E-state index contributed by atoms with van der Waals surface area (Å²) >= 11 is 8.66. The lowest BCUT2D eigenvalue weighted by atomic mass is 10.2. The summed E-state index contributed by atoms with van der Waals surface area (Å²) in [7, 11) is 3.70. The zero-order valence-corrected chi connectivity index (χ0v) is 18.7. The number of rotatable bonds is 5. The third-order valence-corrected chi connectivity index (χ3v) is 7.57. The second-order valence-electron chi connectivity index (χ2n) is 7.45. The van der Waals surface area contributed by atoms with Gasteiger partial charge in [-0.1, -0.05) is 11.6 Å². The Labute approximate surface area is 182 Å². The fourth-order valence-electron chi connectivity index (χ4n) is 3.85. The fraction of sp³-hybridized carbons (Fsp3) is 0.526. The van der Waals surface area contributed by atoms with E-state index < -0.39 is 0 Å². The Bertz CT molecular complexity index is 915. The van der Waals surface area contributed by atoms with Crippen molar-refractivity contribution in [3.05, 3.63) is 36.9 Å². The minimum atomic E-state index is -0.162. The molecule has 0 aliphatic carbocycles. The highest BCUT2D eigenvalue weighted by Gasteiger charge is 2.38. The number of amides is 2. The normalized spacial score (nSPS) is 22.0. The van der Waals surface area contributed by atoms with Gasteiger partial charge in [0, 0.05) is 44.1 Å². The summed E-state index contributed by atoms with van der Waals surface area (Å²) in [6.45, 7) is 2.67. The number of ether oxygens (including phenoxy) is 1. The lowest BCUT2D eigenvalue weighted by Gasteiger charge is -2.22. The van der Waals surface area contributed by atoms with Gasteiger partial charge in [0.15, 0.2) is 5.01 Å². The molecule has 29 heavy (non-hydrogen) atoms. The van der Waals surface area contributed by atoms with Crippen LogP contribution in [0.5, 0.6) is 0 Å². The molecule has 2 aromatic rings. The molecule has 0 unspecified atom stereocenters. The number of likely N-dealkylation sites (N-methyl/N-ethyl adjacent to an activating group) is 1. The van der Waals surface area contributed by atoms with Gasteiger partial charge in [0.1, 0.15) is 0 Å². The van der Waals surface area contributed by atoms with Gasteiger partial charge in [0.25, 0.3) is 11.8 Å². The van der Waals surface area contributed by atoms with Crippen molar-refractivity contribution in [2.75, 3.05) is 33.9 Å². The summed E-state index contributed by atoms with van der Waals surface area (Å²) in [5.41, 5.74) is 1.04. The molecule has 0 saturated carbocycles. The number of nitrogens with one attached hydrogen (secondary N) is 1. The van der Waals surface area contributed by atoms with E-state index in [0.29, 0.717) is 33.8 Å². The van der Waals surface area contributed by atoms with Crippen LogP contribution in [0.3, 0.4) is 0 Å². The first kappa shape index (κ1) is 20.7. The summed E-state index contributed by atoms with van der Waals surface area (Å²) < 4.78 is 5.91. The van der Waals surface area contributed by atoms with Crippen molar-refractivity contribution in [3.8, 4) is 0 Å². The number of carbonyl (C=O) groups excluding carboxylic acids is 2. The molecule has 2 amide bonds. The summed E-state index contributed by atoms with van der Waals surface area (Å²) in [6, 6.07) is 3.20. The van der Waals surface area contributed by atoms with Crippen LogP contribution in [0.15, 0.2) is 12.1 Å². The molecule has 0 bridgehead atoms. The Balaban J connectivity index is 1.47. The number of carbonyl (C=O) groups is 2. The Morgan fingerprint density at radius 2 is 2.21 bits per heavy atom. The van der Waals surface area contributed by atoms with Gasteiger partial charge >= 0.3 is 0 Å². The number of hydrogen-bond acceptors (Lipinski definition) is 7. The zero-order valence-electron chi connectivity index (χ0n) is 16.3. The van der Waals surface area contributed by atoms with Gasteiger partial charge in [-0.3, -0.25) is 9.59 Å². The molecule has 7 nitrogen and oxygen atoms in total. The van der Waals surface area contributed by atoms with Crippen molar-refractivity contribution in [1.29, 1.82) is 0 Å². The average Bonchev–Trinajstić information content (AvgIpc) is 3.39. The van der Waals surface area contributed by atoms with Crippen molar-refractivity contribution in [2.24, 2.45) is 0 Å². The van der Waals surface area contributed by atoms with Crippen LogP contribution < -0.4 is 5.32 Å². The molecule has 0 aromatic carbocycles. The van der Waals surface area contributed by atoms with Crippen molar-refractivity contribution < 1.29 is 14.3 Å². The van der Waals surface area contributed by atoms with Gasteiger partial charge in [-0.05, 0) is 25.6 Å². The quantitative estimate of drug-likeness (QED) is 0.751. The summed E-state index contributed by atoms with van der Waals surface area (Å²) in [4.78, 5) is 36.1. The van der Waals surface area contributed by atoms with Gasteiger partial charge in [-0.2, -0.15) is 0 Å². The maximum atomic E-state index is 13.2. The number of nitrogens with zero attached hydrogens (tertiary/aromatic N) is 3. The highest BCUT2D eigenvalue weighted by Crippen LogP contribution is 2.28. The fourth-order valence-corrected chi connectivity index (χ4v) is 5.94. The summed E-state index contributed by atoms with van der Waals surface area (Å²) in [5.74, 6) is -0.241. The van der Waals surface area contributed by atoms with Crippen LogP contribution >= 0.6 is 34.3 Å². The zero-order chi connectivity index (χ0) is 20.5. The van der Waals surface area contributed by atoms with E-state index in [9.17, 15) is 9.59 Å². The largest absolute Gasteiger partial charge is 0.383 e. The van der Waals surface area contributed by atoms with Gasteiger partial charge in [0.05, 0.1) is 27.6 Å². The van der Waals surface area contributed by atoms with Crippen molar-refractivity contribution in [2.45, 2.75) is 31.5 Å². The number of thiazole rings is 1. The summed E-state index contributed by atoms with van der Waals surface area (Å²) in [5, 5.41) is 3.56. The van der Waals surface area contributed by atoms with Crippen LogP contribution in [-0.4, -0.2) is 72.5 Å². The van der Waals surface area contributed by atoms with Gasteiger partial charge in [-0.15, -0.1) is 22.7 Å². The molecular weight excluding hydrogens is 432 g/mol. The minimum Gasteiger partial charge on any atom is -0.383 e. The van der Waals surface area contributed by atoms with Crippen LogP contribution in [0, 0.1) is 0 Å². The molecule has 10 heteroatoms. The number of likely N-dealkylation sites (tertiary alicyclic amines) is 1. The first-order chi connectivity index (χ1) is 13.9. The first-order valence-electron chi connectivity index (χ1n) is 9.48. The lowest BCUT2D eigenvalue weighted by molar-refractivity contribution is 0.0628. The van der Waals surface area contributed by atoms with Gasteiger partial charge < -0.3 is 19.9 Å². The van der Waals surface area contributed by atoms with E-state index in [-0.39, 0.29) is 23.9 Å².